The SMILES string of the molecule is CC(C)NC(=O)CCn1nnc(C(=O)O)c1CCN. The predicted octanol–water partition coefficient (Wildman–Crippen LogP) is -0.608. The number of aryl methyl sites for hydroxylation is 1. The van der Waals surface area contributed by atoms with Crippen molar-refractivity contribution in [3.8, 4) is 0 Å². The van der Waals surface area contributed by atoms with E-state index in [0.717, 1.165) is 0 Å². The smallest absolute Gasteiger partial charge is 0.358 e. The number of rotatable bonds is 7. The number of hydrogen-bond acceptors (Lipinski definition) is 5. The molecule has 0 bridgehead atoms. The second-order valence-electron chi connectivity index (χ2n) is 4.42. The summed E-state index contributed by atoms with van der Waals surface area (Å²) in [7, 11) is 0. The number of carbonyl (C=O) groups excluding carboxylic acids is 1. The lowest BCUT2D eigenvalue weighted by molar-refractivity contribution is -0.121. The maximum absolute atomic E-state index is 11.5. The van der Waals surface area contributed by atoms with Crippen molar-refractivity contribution in [1.82, 2.24) is 20.3 Å². The first-order chi connectivity index (χ1) is 8.95. The van der Waals surface area contributed by atoms with Gasteiger partial charge in [-0.05, 0) is 20.4 Å². The van der Waals surface area contributed by atoms with Crippen LogP contribution in [0.2, 0.25) is 0 Å². The molecule has 8 heteroatoms. The van der Waals surface area contributed by atoms with Crippen LogP contribution in [0.3, 0.4) is 0 Å². The van der Waals surface area contributed by atoms with E-state index in [1.54, 1.807) is 0 Å². The van der Waals surface area contributed by atoms with Gasteiger partial charge >= 0.3 is 5.97 Å². The summed E-state index contributed by atoms with van der Waals surface area (Å²) >= 11 is 0. The summed E-state index contributed by atoms with van der Waals surface area (Å²) < 4.78 is 1.43. The lowest BCUT2D eigenvalue weighted by atomic mass is 10.2. The molecule has 106 valence electrons. The summed E-state index contributed by atoms with van der Waals surface area (Å²) in [6, 6.07) is 0.0707. The van der Waals surface area contributed by atoms with Crippen LogP contribution in [0.5, 0.6) is 0 Å². The molecule has 0 aromatic carbocycles. The van der Waals surface area contributed by atoms with E-state index >= 15 is 0 Å². The molecular formula is C11H19N5O3. The van der Waals surface area contributed by atoms with Crippen molar-refractivity contribution in [2.24, 2.45) is 5.73 Å². The molecule has 1 rings (SSSR count). The van der Waals surface area contributed by atoms with Gasteiger partial charge in [0.1, 0.15) is 0 Å². The highest BCUT2D eigenvalue weighted by Crippen LogP contribution is 2.07. The van der Waals surface area contributed by atoms with Gasteiger partial charge in [0, 0.05) is 18.9 Å². The van der Waals surface area contributed by atoms with Gasteiger partial charge in [0.2, 0.25) is 5.91 Å². The van der Waals surface area contributed by atoms with Gasteiger partial charge < -0.3 is 16.2 Å². The van der Waals surface area contributed by atoms with Crippen molar-refractivity contribution >= 4 is 11.9 Å². The van der Waals surface area contributed by atoms with E-state index in [9.17, 15) is 9.59 Å². The van der Waals surface area contributed by atoms with Crippen molar-refractivity contribution in [2.45, 2.75) is 39.3 Å². The number of carboxylic acid groups (broad SMARTS) is 1. The minimum Gasteiger partial charge on any atom is -0.476 e. The predicted molar refractivity (Wildman–Crippen MR) is 67.6 cm³/mol. The van der Waals surface area contributed by atoms with Crippen molar-refractivity contribution in [1.29, 1.82) is 0 Å². The molecule has 0 radical (unpaired) electrons. The van der Waals surface area contributed by atoms with Crippen LogP contribution < -0.4 is 11.1 Å². The molecule has 0 aliphatic carbocycles. The van der Waals surface area contributed by atoms with E-state index in [2.05, 4.69) is 15.6 Å². The van der Waals surface area contributed by atoms with E-state index in [4.69, 9.17) is 10.8 Å². The van der Waals surface area contributed by atoms with Gasteiger partial charge in [0.05, 0.1) is 12.2 Å². The molecule has 1 amide bonds. The van der Waals surface area contributed by atoms with E-state index in [1.165, 1.54) is 4.68 Å². The average Bonchev–Trinajstić information content (AvgIpc) is 2.69. The summed E-state index contributed by atoms with van der Waals surface area (Å²) in [6.45, 7) is 4.32. The molecular weight excluding hydrogens is 250 g/mol. The maximum atomic E-state index is 11.5. The molecule has 0 unspecified atom stereocenters. The number of carbonyl (C=O) groups is 2. The molecule has 1 aromatic rings. The third kappa shape index (κ3) is 4.32. The highest BCUT2D eigenvalue weighted by atomic mass is 16.4. The zero-order valence-corrected chi connectivity index (χ0v) is 11.1. The number of aromatic nitrogens is 3. The van der Waals surface area contributed by atoms with E-state index in [1.807, 2.05) is 13.8 Å². The molecule has 0 saturated heterocycles. The number of amides is 1. The Morgan fingerprint density at radius 1 is 1.47 bits per heavy atom. The fourth-order valence-electron chi connectivity index (χ4n) is 1.66. The van der Waals surface area contributed by atoms with Crippen molar-refractivity contribution < 1.29 is 14.7 Å². The summed E-state index contributed by atoms with van der Waals surface area (Å²) in [5, 5.41) is 19.1. The number of carboxylic acids is 1. The third-order valence-electron chi connectivity index (χ3n) is 2.42. The van der Waals surface area contributed by atoms with Crippen molar-refractivity contribution in [2.75, 3.05) is 6.54 Å². The summed E-state index contributed by atoms with van der Waals surface area (Å²) in [5.74, 6) is -1.25. The fraction of sp³-hybridized carbons (Fsp3) is 0.636. The molecule has 4 N–H and O–H groups in total. The minimum absolute atomic E-state index is 0.0707. The Bertz CT molecular complexity index is 455. The summed E-state index contributed by atoms with van der Waals surface area (Å²) in [6.07, 6.45) is 0.582. The zero-order valence-electron chi connectivity index (χ0n) is 11.1. The average molecular weight is 269 g/mol. The van der Waals surface area contributed by atoms with Crippen LogP contribution in [0.25, 0.3) is 0 Å². The molecule has 1 aromatic heterocycles. The summed E-state index contributed by atoms with van der Waals surface area (Å²) in [5.41, 5.74) is 5.79. The molecule has 0 aliphatic heterocycles. The van der Waals surface area contributed by atoms with Gasteiger partial charge in [0.15, 0.2) is 5.69 Å². The molecule has 0 atom stereocenters. The van der Waals surface area contributed by atoms with Crippen molar-refractivity contribution in [3.63, 3.8) is 0 Å². The van der Waals surface area contributed by atoms with Crippen LogP contribution in [-0.4, -0.2) is 44.6 Å². The second-order valence-corrected chi connectivity index (χ2v) is 4.42. The van der Waals surface area contributed by atoms with Gasteiger partial charge in [0.25, 0.3) is 0 Å². The highest BCUT2D eigenvalue weighted by Gasteiger charge is 2.18. The Kier molecular flexibility index (Phi) is 5.43. The normalized spacial score (nSPS) is 10.7. The Morgan fingerprint density at radius 3 is 2.68 bits per heavy atom. The van der Waals surface area contributed by atoms with Gasteiger partial charge in [-0.3, -0.25) is 4.79 Å². The van der Waals surface area contributed by atoms with E-state index in [0.29, 0.717) is 18.7 Å². The first kappa shape index (κ1) is 15.1. The largest absolute Gasteiger partial charge is 0.476 e. The number of hydrogen-bond donors (Lipinski definition) is 3. The molecule has 1 heterocycles. The monoisotopic (exact) mass is 269 g/mol. The van der Waals surface area contributed by atoms with Crippen LogP contribution >= 0.6 is 0 Å². The lowest BCUT2D eigenvalue weighted by Crippen LogP contribution is -2.31. The quantitative estimate of drug-likeness (QED) is 0.607. The van der Waals surface area contributed by atoms with Gasteiger partial charge in [-0.25, -0.2) is 9.48 Å². The van der Waals surface area contributed by atoms with Gasteiger partial charge in [-0.15, -0.1) is 5.10 Å². The number of aromatic carboxylic acids is 1. The number of nitrogens with two attached hydrogens (primary N) is 1. The topological polar surface area (TPSA) is 123 Å². The van der Waals surface area contributed by atoms with E-state index < -0.39 is 5.97 Å². The zero-order chi connectivity index (χ0) is 14.4. The summed E-state index contributed by atoms with van der Waals surface area (Å²) in [4.78, 5) is 22.5. The van der Waals surface area contributed by atoms with Crippen LogP contribution in [-0.2, 0) is 17.8 Å². The first-order valence-electron chi connectivity index (χ1n) is 6.10. The molecule has 0 saturated carbocycles. The van der Waals surface area contributed by atoms with Crippen LogP contribution in [0.1, 0.15) is 36.5 Å². The molecule has 0 spiro atoms. The highest BCUT2D eigenvalue weighted by molar-refractivity contribution is 5.86. The Hall–Kier alpha value is -1.96. The third-order valence-corrected chi connectivity index (χ3v) is 2.42. The lowest BCUT2D eigenvalue weighted by Gasteiger charge is -2.09. The second kappa shape index (κ2) is 6.83. The molecule has 19 heavy (non-hydrogen) atoms. The van der Waals surface area contributed by atoms with E-state index in [-0.39, 0.29) is 30.6 Å². The van der Waals surface area contributed by atoms with Crippen LogP contribution in [0.15, 0.2) is 0 Å². The Balaban J connectivity index is 2.72. The minimum atomic E-state index is -1.14. The van der Waals surface area contributed by atoms with Crippen LogP contribution in [0.4, 0.5) is 0 Å². The van der Waals surface area contributed by atoms with Gasteiger partial charge in [-0.1, -0.05) is 5.21 Å². The molecule has 8 nitrogen and oxygen atoms in total. The van der Waals surface area contributed by atoms with Crippen LogP contribution in [0, 0.1) is 0 Å². The standard InChI is InChI=1S/C11H19N5O3/c1-7(2)13-9(17)4-6-16-8(3-5-12)10(11(18)19)14-15-16/h7H,3-6,12H2,1-2H3,(H,13,17)(H,18,19). The molecule has 0 aliphatic rings. The number of nitrogens with one attached hydrogen (secondary N) is 1. The number of nitrogens with zero attached hydrogens (tertiary/aromatic N) is 3. The Morgan fingerprint density at radius 2 is 2.16 bits per heavy atom. The van der Waals surface area contributed by atoms with Crippen molar-refractivity contribution in [3.05, 3.63) is 11.4 Å². The maximum Gasteiger partial charge on any atom is 0.358 e. The Labute approximate surface area is 111 Å². The fourth-order valence-corrected chi connectivity index (χ4v) is 1.66. The molecule has 0 fully saturated rings. The first-order valence-corrected chi connectivity index (χ1v) is 6.10. The van der Waals surface area contributed by atoms with Gasteiger partial charge in [-0.2, -0.15) is 0 Å².